The van der Waals surface area contributed by atoms with Crippen molar-refractivity contribution >= 4 is 46.3 Å². The Morgan fingerprint density at radius 2 is 2.10 bits per heavy atom. The molecule has 2 rings (SSSR count). The number of thioether (sulfide) groups is 1. The molecule has 1 amide bonds. The lowest BCUT2D eigenvalue weighted by molar-refractivity contribution is -0.145. The Kier molecular flexibility index (Phi) is 5.08. The van der Waals surface area contributed by atoms with E-state index in [2.05, 4.69) is 0 Å². The predicted octanol–water partition coefficient (Wildman–Crippen LogP) is 2.59. The number of esters is 1. The first kappa shape index (κ1) is 15.7. The van der Waals surface area contributed by atoms with Crippen molar-refractivity contribution in [2.75, 3.05) is 13.2 Å². The highest BCUT2D eigenvalue weighted by molar-refractivity contribution is 8.26. The van der Waals surface area contributed by atoms with E-state index in [1.54, 1.807) is 25.1 Å². The normalized spacial score (nSPS) is 16.7. The van der Waals surface area contributed by atoms with Crippen molar-refractivity contribution in [2.45, 2.75) is 6.92 Å². The Morgan fingerprint density at radius 3 is 2.71 bits per heavy atom. The lowest BCUT2D eigenvalue weighted by Gasteiger charge is -2.12. The van der Waals surface area contributed by atoms with Crippen molar-refractivity contribution in [3.05, 3.63) is 40.6 Å². The summed E-state index contributed by atoms with van der Waals surface area (Å²) in [5, 5.41) is 0. The lowest BCUT2D eigenvalue weighted by Crippen LogP contribution is -2.34. The van der Waals surface area contributed by atoms with E-state index in [1.165, 1.54) is 17.0 Å². The molecule has 1 saturated heterocycles. The minimum atomic E-state index is -0.503. The summed E-state index contributed by atoms with van der Waals surface area (Å²) in [6.07, 6.45) is 1.61. The van der Waals surface area contributed by atoms with Gasteiger partial charge in [0.05, 0.1) is 11.5 Å². The Balaban J connectivity index is 2.13. The van der Waals surface area contributed by atoms with Gasteiger partial charge in [-0.15, -0.1) is 0 Å². The van der Waals surface area contributed by atoms with Gasteiger partial charge in [-0.05, 0) is 30.7 Å². The number of amides is 1. The van der Waals surface area contributed by atoms with Gasteiger partial charge in [-0.1, -0.05) is 36.1 Å². The maximum Gasteiger partial charge on any atom is 0.326 e. The molecular formula is C14H12FNO3S2. The predicted molar refractivity (Wildman–Crippen MR) is 82.9 cm³/mol. The van der Waals surface area contributed by atoms with Crippen LogP contribution in [0.15, 0.2) is 29.2 Å². The quantitative estimate of drug-likeness (QED) is 0.484. The molecule has 0 bridgehead atoms. The highest BCUT2D eigenvalue weighted by Crippen LogP contribution is 2.32. The molecule has 1 aliphatic rings. The maximum absolute atomic E-state index is 12.8. The molecule has 7 heteroatoms. The molecule has 0 spiro atoms. The van der Waals surface area contributed by atoms with E-state index in [4.69, 9.17) is 17.0 Å². The van der Waals surface area contributed by atoms with Crippen LogP contribution in [-0.4, -0.2) is 34.2 Å². The van der Waals surface area contributed by atoms with Gasteiger partial charge in [0.2, 0.25) is 0 Å². The third-order valence-electron chi connectivity index (χ3n) is 2.63. The fraction of sp³-hybridized carbons (Fsp3) is 0.214. The molecule has 0 aromatic heterocycles. The monoisotopic (exact) mass is 325 g/mol. The summed E-state index contributed by atoms with van der Waals surface area (Å²) in [6, 6.07) is 5.75. The smallest absolute Gasteiger partial charge is 0.326 e. The summed E-state index contributed by atoms with van der Waals surface area (Å²) in [5.41, 5.74) is 0.688. The average molecular weight is 325 g/mol. The molecule has 21 heavy (non-hydrogen) atoms. The number of halogens is 1. The van der Waals surface area contributed by atoms with Crippen molar-refractivity contribution in [2.24, 2.45) is 0 Å². The topological polar surface area (TPSA) is 46.6 Å². The van der Waals surface area contributed by atoms with Crippen LogP contribution in [0.3, 0.4) is 0 Å². The summed E-state index contributed by atoms with van der Waals surface area (Å²) in [5.74, 6) is -1.19. The van der Waals surface area contributed by atoms with Gasteiger partial charge < -0.3 is 4.74 Å². The molecule has 0 unspecified atom stereocenters. The lowest BCUT2D eigenvalue weighted by atomic mass is 10.2. The summed E-state index contributed by atoms with van der Waals surface area (Å²) < 4.78 is 18.0. The zero-order valence-corrected chi connectivity index (χ0v) is 12.8. The average Bonchev–Trinajstić information content (AvgIpc) is 2.69. The van der Waals surface area contributed by atoms with Crippen LogP contribution < -0.4 is 0 Å². The second-order valence-electron chi connectivity index (χ2n) is 4.12. The second-order valence-corrected chi connectivity index (χ2v) is 5.80. The van der Waals surface area contributed by atoms with E-state index >= 15 is 0 Å². The largest absolute Gasteiger partial charge is 0.465 e. The first-order valence-electron chi connectivity index (χ1n) is 6.18. The Labute approximate surface area is 130 Å². The number of rotatable bonds is 4. The molecule has 0 atom stereocenters. The molecule has 0 N–H and O–H groups in total. The number of nitrogens with zero attached hydrogens (tertiary/aromatic N) is 1. The molecule has 4 nitrogen and oxygen atoms in total. The molecule has 1 aromatic carbocycles. The molecule has 110 valence electrons. The van der Waals surface area contributed by atoms with Crippen LogP contribution in [0.1, 0.15) is 12.5 Å². The molecular weight excluding hydrogens is 313 g/mol. The van der Waals surface area contributed by atoms with Gasteiger partial charge in [-0.2, -0.15) is 0 Å². The van der Waals surface area contributed by atoms with E-state index in [0.717, 1.165) is 11.8 Å². The third-order valence-corrected chi connectivity index (χ3v) is 4.01. The van der Waals surface area contributed by atoms with Crippen molar-refractivity contribution in [1.29, 1.82) is 0 Å². The number of hydrogen-bond acceptors (Lipinski definition) is 5. The maximum atomic E-state index is 12.8. The second kappa shape index (κ2) is 6.82. The van der Waals surface area contributed by atoms with Crippen LogP contribution >= 0.6 is 24.0 Å². The first-order chi connectivity index (χ1) is 10.0. The van der Waals surface area contributed by atoms with E-state index in [-0.39, 0.29) is 24.9 Å². The van der Waals surface area contributed by atoms with Gasteiger partial charge in [0.25, 0.3) is 5.91 Å². The highest BCUT2D eigenvalue weighted by Gasteiger charge is 2.33. The first-order valence-corrected chi connectivity index (χ1v) is 7.40. The number of hydrogen-bond donors (Lipinski definition) is 0. The van der Waals surface area contributed by atoms with Gasteiger partial charge in [-0.25, -0.2) is 4.39 Å². The summed E-state index contributed by atoms with van der Waals surface area (Å²) >= 11 is 6.20. The summed E-state index contributed by atoms with van der Waals surface area (Å²) in [7, 11) is 0. The number of carbonyl (C=O) groups is 2. The van der Waals surface area contributed by atoms with Crippen molar-refractivity contribution in [3.63, 3.8) is 0 Å². The van der Waals surface area contributed by atoms with Crippen molar-refractivity contribution in [1.82, 2.24) is 4.90 Å². The Bertz CT molecular complexity index is 613. The molecule has 0 saturated carbocycles. The summed E-state index contributed by atoms with van der Waals surface area (Å²) in [4.78, 5) is 25.2. The fourth-order valence-electron chi connectivity index (χ4n) is 1.68. The summed E-state index contributed by atoms with van der Waals surface area (Å²) in [6.45, 7) is 1.74. The number of benzene rings is 1. The standard InChI is InChI=1S/C14H12FNO3S2/c1-2-19-12(17)8-16-13(18)11(21-14(16)20)7-9-3-5-10(15)6-4-9/h3-7H,2,8H2,1H3/b11-7-. The van der Waals surface area contributed by atoms with Crippen LogP contribution in [0.4, 0.5) is 4.39 Å². The van der Waals surface area contributed by atoms with Gasteiger partial charge in [0.15, 0.2) is 0 Å². The number of carbonyl (C=O) groups excluding carboxylic acids is 2. The zero-order valence-electron chi connectivity index (χ0n) is 11.2. The molecule has 1 aromatic rings. The molecule has 0 aliphatic carbocycles. The van der Waals surface area contributed by atoms with Crippen LogP contribution in [0.5, 0.6) is 0 Å². The van der Waals surface area contributed by atoms with Crippen LogP contribution in [0.2, 0.25) is 0 Å². The minimum absolute atomic E-state index is 0.195. The van der Waals surface area contributed by atoms with E-state index in [1.807, 2.05) is 0 Å². The SMILES string of the molecule is CCOC(=O)CN1C(=O)/C(=C/c2ccc(F)cc2)SC1=S. The van der Waals surface area contributed by atoms with Crippen LogP contribution in [0, 0.1) is 5.82 Å². The van der Waals surface area contributed by atoms with E-state index in [9.17, 15) is 14.0 Å². The molecule has 1 heterocycles. The fourth-order valence-corrected chi connectivity index (χ4v) is 2.94. The van der Waals surface area contributed by atoms with Gasteiger partial charge in [0, 0.05) is 0 Å². The van der Waals surface area contributed by atoms with Crippen molar-refractivity contribution in [3.8, 4) is 0 Å². The zero-order chi connectivity index (χ0) is 15.4. The molecule has 1 aliphatic heterocycles. The molecule has 1 fully saturated rings. The van der Waals surface area contributed by atoms with E-state index < -0.39 is 5.97 Å². The van der Waals surface area contributed by atoms with Crippen LogP contribution in [-0.2, 0) is 14.3 Å². The van der Waals surface area contributed by atoms with Crippen LogP contribution in [0.25, 0.3) is 6.08 Å². The Morgan fingerprint density at radius 1 is 1.43 bits per heavy atom. The van der Waals surface area contributed by atoms with Gasteiger partial charge in [-0.3, -0.25) is 14.5 Å². The van der Waals surface area contributed by atoms with E-state index in [0.29, 0.717) is 14.8 Å². The van der Waals surface area contributed by atoms with Gasteiger partial charge >= 0.3 is 5.97 Å². The number of thiocarbonyl (C=S) groups is 1. The Hall–Kier alpha value is -1.73. The van der Waals surface area contributed by atoms with Gasteiger partial charge in [0.1, 0.15) is 16.7 Å². The molecule has 0 radical (unpaired) electrons. The highest BCUT2D eigenvalue weighted by atomic mass is 32.2. The number of ether oxygens (including phenoxy) is 1. The van der Waals surface area contributed by atoms with Crippen molar-refractivity contribution < 1.29 is 18.7 Å². The third kappa shape index (κ3) is 3.89. The minimum Gasteiger partial charge on any atom is -0.465 e.